The number of hydrogen-bond donors (Lipinski definition) is 1. The molecule has 0 saturated carbocycles. The molecule has 5 heteroatoms. The Balaban J connectivity index is 2.19. The summed E-state index contributed by atoms with van der Waals surface area (Å²) in [4.78, 5) is 11.4. The fraction of sp³-hybridized carbons (Fsp3) is 0.917. The lowest BCUT2D eigenvalue weighted by molar-refractivity contribution is -0.145. The third kappa shape index (κ3) is 5.48. The molecule has 0 amide bonds. The maximum absolute atomic E-state index is 11.4. The summed E-state index contributed by atoms with van der Waals surface area (Å²) < 4.78 is 15.7. The highest BCUT2D eigenvalue weighted by Crippen LogP contribution is 2.11. The zero-order valence-corrected chi connectivity index (χ0v) is 10.7. The number of esters is 1. The molecule has 1 aliphatic heterocycles. The average molecular weight is 245 g/mol. The largest absolute Gasteiger partial charge is 0.468 e. The number of rotatable bonds is 8. The molecule has 0 radical (unpaired) electrons. The standard InChI is InChI=1S/C12H23NO4/c1-3-6-13-11(12(14)15-2)9-16-8-10-5-4-7-17-10/h10-11,13H,3-9H2,1-2H3. The first kappa shape index (κ1) is 14.4. The van der Waals surface area contributed by atoms with Crippen LogP contribution in [0.5, 0.6) is 0 Å². The first-order chi connectivity index (χ1) is 8.27. The SMILES string of the molecule is CCCNC(COCC1CCCO1)C(=O)OC. The van der Waals surface area contributed by atoms with Crippen LogP contribution in [0.4, 0.5) is 0 Å². The number of hydrogen-bond acceptors (Lipinski definition) is 5. The van der Waals surface area contributed by atoms with Gasteiger partial charge >= 0.3 is 5.97 Å². The minimum atomic E-state index is -0.374. The van der Waals surface area contributed by atoms with Crippen molar-refractivity contribution in [2.24, 2.45) is 0 Å². The van der Waals surface area contributed by atoms with E-state index in [1.807, 2.05) is 0 Å². The van der Waals surface area contributed by atoms with Crippen molar-refractivity contribution in [1.82, 2.24) is 5.32 Å². The number of nitrogens with one attached hydrogen (secondary N) is 1. The van der Waals surface area contributed by atoms with E-state index in [0.29, 0.717) is 13.2 Å². The van der Waals surface area contributed by atoms with E-state index in [2.05, 4.69) is 12.2 Å². The molecule has 100 valence electrons. The van der Waals surface area contributed by atoms with Crippen molar-refractivity contribution in [1.29, 1.82) is 0 Å². The van der Waals surface area contributed by atoms with Gasteiger partial charge < -0.3 is 19.5 Å². The first-order valence-corrected chi connectivity index (χ1v) is 6.28. The van der Waals surface area contributed by atoms with E-state index in [4.69, 9.17) is 14.2 Å². The summed E-state index contributed by atoms with van der Waals surface area (Å²) in [5, 5.41) is 3.11. The van der Waals surface area contributed by atoms with E-state index in [-0.39, 0.29) is 18.1 Å². The van der Waals surface area contributed by atoms with Crippen LogP contribution < -0.4 is 5.32 Å². The van der Waals surface area contributed by atoms with Gasteiger partial charge in [0.25, 0.3) is 0 Å². The highest BCUT2D eigenvalue weighted by Gasteiger charge is 2.20. The molecular weight excluding hydrogens is 222 g/mol. The highest BCUT2D eigenvalue weighted by molar-refractivity contribution is 5.75. The molecule has 1 heterocycles. The summed E-state index contributed by atoms with van der Waals surface area (Å²) in [5.74, 6) is -0.272. The van der Waals surface area contributed by atoms with Crippen molar-refractivity contribution in [3.05, 3.63) is 0 Å². The van der Waals surface area contributed by atoms with E-state index >= 15 is 0 Å². The predicted octanol–water partition coefficient (Wildman–Crippen LogP) is 0.723. The molecule has 17 heavy (non-hydrogen) atoms. The molecule has 5 nitrogen and oxygen atoms in total. The lowest BCUT2D eigenvalue weighted by Gasteiger charge is -2.17. The molecule has 0 bridgehead atoms. The molecule has 1 fully saturated rings. The Hall–Kier alpha value is -0.650. The van der Waals surface area contributed by atoms with E-state index in [1.54, 1.807) is 0 Å². The Morgan fingerprint density at radius 2 is 2.41 bits per heavy atom. The van der Waals surface area contributed by atoms with Crippen molar-refractivity contribution in [3.63, 3.8) is 0 Å². The lowest BCUT2D eigenvalue weighted by atomic mass is 10.2. The third-order valence-corrected chi connectivity index (χ3v) is 2.74. The number of carbonyl (C=O) groups is 1. The van der Waals surface area contributed by atoms with Crippen molar-refractivity contribution in [3.8, 4) is 0 Å². The zero-order valence-electron chi connectivity index (χ0n) is 10.7. The molecule has 1 rings (SSSR count). The molecule has 0 aromatic carbocycles. The number of carbonyl (C=O) groups excluding carboxylic acids is 1. The van der Waals surface area contributed by atoms with Crippen LogP contribution in [0.1, 0.15) is 26.2 Å². The van der Waals surface area contributed by atoms with Gasteiger partial charge in [-0.3, -0.25) is 4.79 Å². The molecular formula is C12H23NO4. The van der Waals surface area contributed by atoms with E-state index in [0.717, 1.165) is 32.4 Å². The van der Waals surface area contributed by atoms with Crippen molar-refractivity contribution in [2.45, 2.75) is 38.3 Å². The predicted molar refractivity (Wildman–Crippen MR) is 63.9 cm³/mol. The van der Waals surface area contributed by atoms with Gasteiger partial charge in [-0.05, 0) is 25.8 Å². The normalized spacial score (nSPS) is 21.4. The molecule has 2 unspecified atom stereocenters. The minimum absolute atomic E-state index is 0.194. The van der Waals surface area contributed by atoms with Crippen molar-refractivity contribution in [2.75, 3.05) is 33.5 Å². The quantitative estimate of drug-likeness (QED) is 0.639. The first-order valence-electron chi connectivity index (χ1n) is 6.28. The maximum atomic E-state index is 11.4. The maximum Gasteiger partial charge on any atom is 0.325 e. The van der Waals surface area contributed by atoms with Gasteiger partial charge in [-0.25, -0.2) is 0 Å². The van der Waals surface area contributed by atoms with Gasteiger partial charge in [-0.2, -0.15) is 0 Å². The zero-order chi connectivity index (χ0) is 12.5. The van der Waals surface area contributed by atoms with Crippen LogP contribution in [0.2, 0.25) is 0 Å². The molecule has 1 saturated heterocycles. The van der Waals surface area contributed by atoms with Crippen LogP contribution >= 0.6 is 0 Å². The van der Waals surface area contributed by atoms with Crippen LogP contribution in [0, 0.1) is 0 Å². The molecule has 0 aromatic rings. The molecule has 0 spiro atoms. The molecule has 1 aliphatic rings. The van der Waals surface area contributed by atoms with Crippen LogP contribution in [-0.2, 0) is 19.0 Å². The fourth-order valence-corrected chi connectivity index (χ4v) is 1.76. The Morgan fingerprint density at radius 3 is 3.00 bits per heavy atom. The van der Waals surface area contributed by atoms with E-state index in [1.165, 1.54) is 7.11 Å². The van der Waals surface area contributed by atoms with Gasteiger partial charge in [0.05, 0.1) is 26.4 Å². The van der Waals surface area contributed by atoms with Crippen molar-refractivity contribution >= 4 is 5.97 Å². The Morgan fingerprint density at radius 1 is 1.59 bits per heavy atom. The van der Waals surface area contributed by atoms with Gasteiger partial charge in [0.15, 0.2) is 0 Å². The molecule has 1 N–H and O–H groups in total. The summed E-state index contributed by atoms with van der Waals surface area (Å²) in [7, 11) is 1.39. The summed E-state index contributed by atoms with van der Waals surface area (Å²) in [6.07, 6.45) is 3.31. The smallest absolute Gasteiger partial charge is 0.325 e. The topological polar surface area (TPSA) is 56.8 Å². The second kappa shape index (κ2) is 8.44. The number of methoxy groups -OCH3 is 1. The van der Waals surface area contributed by atoms with Crippen LogP contribution in [0.15, 0.2) is 0 Å². The lowest BCUT2D eigenvalue weighted by Crippen LogP contribution is -2.42. The third-order valence-electron chi connectivity index (χ3n) is 2.74. The summed E-state index contributed by atoms with van der Waals surface area (Å²) >= 11 is 0. The molecule has 0 aromatic heterocycles. The minimum Gasteiger partial charge on any atom is -0.468 e. The second-order valence-corrected chi connectivity index (χ2v) is 4.20. The highest BCUT2D eigenvalue weighted by atomic mass is 16.5. The summed E-state index contributed by atoms with van der Waals surface area (Å²) in [5.41, 5.74) is 0. The Labute approximate surface area is 103 Å². The Bertz CT molecular complexity index is 217. The van der Waals surface area contributed by atoms with Gasteiger partial charge in [-0.1, -0.05) is 6.92 Å². The van der Waals surface area contributed by atoms with E-state index in [9.17, 15) is 4.79 Å². The van der Waals surface area contributed by atoms with Gasteiger partial charge in [0, 0.05) is 6.61 Å². The van der Waals surface area contributed by atoms with Crippen LogP contribution in [0.25, 0.3) is 0 Å². The average Bonchev–Trinajstić information content (AvgIpc) is 2.85. The van der Waals surface area contributed by atoms with Crippen LogP contribution in [-0.4, -0.2) is 51.6 Å². The van der Waals surface area contributed by atoms with Gasteiger partial charge in [-0.15, -0.1) is 0 Å². The van der Waals surface area contributed by atoms with Crippen molar-refractivity contribution < 1.29 is 19.0 Å². The summed E-state index contributed by atoms with van der Waals surface area (Å²) in [6.45, 7) is 4.55. The molecule has 2 atom stereocenters. The monoisotopic (exact) mass is 245 g/mol. The Kier molecular flexibility index (Phi) is 7.16. The fourth-order valence-electron chi connectivity index (χ4n) is 1.76. The summed E-state index contributed by atoms with van der Waals surface area (Å²) in [6, 6.07) is -0.374. The van der Waals surface area contributed by atoms with Crippen LogP contribution in [0.3, 0.4) is 0 Å². The second-order valence-electron chi connectivity index (χ2n) is 4.20. The number of ether oxygens (including phenoxy) is 3. The van der Waals surface area contributed by atoms with Gasteiger partial charge in [0.1, 0.15) is 6.04 Å². The van der Waals surface area contributed by atoms with Gasteiger partial charge in [0.2, 0.25) is 0 Å². The van der Waals surface area contributed by atoms with E-state index < -0.39 is 0 Å². The molecule has 0 aliphatic carbocycles.